The fraction of sp³-hybridized carbons (Fsp3) is 0.625. The van der Waals surface area contributed by atoms with Crippen molar-refractivity contribution < 1.29 is 4.74 Å². The molecule has 2 nitrogen and oxygen atoms in total. The monoisotopic (exact) mass is 249 g/mol. The van der Waals surface area contributed by atoms with Crippen LogP contribution in [0.15, 0.2) is 24.3 Å². The van der Waals surface area contributed by atoms with Crippen molar-refractivity contribution in [3.63, 3.8) is 0 Å². The summed E-state index contributed by atoms with van der Waals surface area (Å²) >= 11 is 0. The Morgan fingerprint density at radius 2 is 1.89 bits per heavy atom. The molecular weight excluding hydrogens is 222 g/mol. The molecule has 0 fully saturated rings. The van der Waals surface area contributed by atoms with E-state index < -0.39 is 0 Å². The van der Waals surface area contributed by atoms with E-state index in [1.165, 1.54) is 12.0 Å². The summed E-state index contributed by atoms with van der Waals surface area (Å²) < 4.78 is 5.44. The van der Waals surface area contributed by atoms with E-state index in [2.05, 4.69) is 45.1 Å². The number of nitrogens with one attached hydrogen (secondary N) is 1. The minimum atomic E-state index is 0.378. The predicted octanol–water partition coefficient (Wildman–Crippen LogP) is 4.17. The number of ether oxygens (including phenoxy) is 1. The Kier molecular flexibility index (Phi) is 5.67. The second-order valence-corrected chi connectivity index (χ2v) is 5.97. The van der Waals surface area contributed by atoms with Gasteiger partial charge in [0.1, 0.15) is 5.75 Å². The summed E-state index contributed by atoms with van der Waals surface area (Å²) in [6.45, 7) is 10.1. The van der Waals surface area contributed by atoms with E-state index in [4.69, 9.17) is 4.74 Å². The van der Waals surface area contributed by atoms with Crippen LogP contribution in [-0.2, 0) is 0 Å². The van der Waals surface area contributed by atoms with Crippen LogP contribution in [0.1, 0.15) is 52.1 Å². The number of benzene rings is 1. The van der Waals surface area contributed by atoms with Crippen molar-refractivity contribution in [2.24, 2.45) is 5.41 Å². The van der Waals surface area contributed by atoms with Crippen LogP contribution in [0.25, 0.3) is 0 Å². The molecule has 1 N–H and O–H groups in total. The maximum absolute atomic E-state index is 5.44. The lowest BCUT2D eigenvalue weighted by Gasteiger charge is -2.23. The third kappa shape index (κ3) is 4.69. The summed E-state index contributed by atoms with van der Waals surface area (Å²) in [5.41, 5.74) is 1.64. The zero-order valence-corrected chi connectivity index (χ0v) is 12.4. The first kappa shape index (κ1) is 15.0. The summed E-state index contributed by atoms with van der Waals surface area (Å²) in [5.74, 6) is 0.979. The van der Waals surface area contributed by atoms with Gasteiger partial charge in [-0.3, -0.25) is 0 Å². The van der Waals surface area contributed by atoms with Gasteiger partial charge in [0.25, 0.3) is 0 Å². The zero-order valence-electron chi connectivity index (χ0n) is 12.4. The van der Waals surface area contributed by atoms with Gasteiger partial charge >= 0.3 is 0 Å². The van der Waals surface area contributed by atoms with Crippen molar-refractivity contribution in [1.29, 1.82) is 0 Å². The van der Waals surface area contributed by atoms with Crippen LogP contribution in [-0.4, -0.2) is 13.7 Å². The molecule has 1 aromatic rings. The van der Waals surface area contributed by atoms with Gasteiger partial charge in [0.2, 0.25) is 0 Å². The molecule has 0 spiro atoms. The van der Waals surface area contributed by atoms with Crippen molar-refractivity contribution in [2.75, 3.05) is 13.7 Å². The standard InChI is InChI=1S/C16H27NO/c1-6-14(17-12-11-16(2,3)4)13-9-7-8-10-15(13)18-5/h7-10,14,17H,6,11-12H2,1-5H3. The molecule has 0 saturated heterocycles. The van der Waals surface area contributed by atoms with E-state index in [9.17, 15) is 0 Å². The average Bonchev–Trinajstić information content (AvgIpc) is 2.33. The molecule has 0 aliphatic heterocycles. The maximum atomic E-state index is 5.44. The Bertz CT molecular complexity index is 354. The maximum Gasteiger partial charge on any atom is 0.123 e. The lowest BCUT2D eigenvalue weighted by Crippen LogP contribution is -2.25. The molecule has 0 aliphatic rings. The Labute approximate surface area is 112 Å². The first-order valence-corrected chi connectivity index (χ1v) is 6.84. The molecule has 0 heterocycles. The van der Waals surface area contributed by atoms with Gasteiger partial charge in [-0.25, -0.2) is 0 Å². The molecule has 102 valence electrons. The van der Waals surface area contributed by atoms with Gasteiger partial charge in [0.15, 0.2) is 0 Å². The highest BCUT2D eigenvalue weighted by atomic mass is 16.5. The lowest BCUT2D eigenvalue weighted by atomic mass is 9.92. The second-order valence-electron chi connectivity index (χ2n) is 5.97. The highest BCUT2D eigenvalue weighted by molar-refractivity contribution is 5.35. The average molecular weight is 249 g/mol. The Hall–Kier alpha value is -1.02. The SMILES string of the molecule is CCC(NCCC(C)(C)C)c1ccccc1OC. The number of hydrogen-bond donors (Lipinski definition) is 1. The largest absolute Gasteiger partial charge is 0.496 e. The molecule has 0 aromatic heterocycles. The Balaban J connectivity index is 2.65. The highest BCUT2D eigenvalue weighted by Gasteiger charge is 2.15. The van der Waals surface area contributed by atoms with Gasteiger partial charge in [-0.2, -0.15) is 0 Å². The smallest absolute Gasteiger partial charge is 0.123 e. The summed E-state index contributed by atoms with van der Waals surface area (Å²) in [7, 11) is 1.74. The molecule has 0 amide bonds. The van der Waals surface area contributed by atoms with Gasteiger partial charge in [0.05, 0.1) is 7.11 Å². The summed E-state index contributed by atoms with van der Waals surface area (Å²) in [6.07, 6.45) is 2.25. The molecule has 1 atom stereocenters. The molecule has 1 aromatic carbocycles. The van der Waals surface area contributed by atoms with Gasteiger partial charge in [-0.05, 0) is 30.9 Å². The Morgan fingerprint density at radius 3 is 2.44 bits per heavy atom. The van der Waals surface area contributed by atoms with E-state index in [0.717, 1.165) is 18.7 Å². The first-order chi connectivity index (χ1) is 8.48. The molecule has 18 heavy (non-hydrogen) atoms. The third-order valence-corrected chi connectivity index (χ3v) is 3.19. The van der Waals surface area contributed by atoms with E-state index in [0.29, 0.717) is 11.5 Å². The van der Waals surface area contributed by atoms with Gasteiger partial charge in [-0.15, -0.1) is 0 Å². The third-order valence-electron chi connectivity index (χ3n) is 3.19. The van der Waals surface area contributed by atoms with Crippen LogP contribution >= 0.6 is 0 Å². The Morgan fingerprint density at radius 1 is 1.22 bits per heavy atom. The number of rotatable bonds is 6. The molecular formula is C16H27NO. The molecule has 0 radical (unpaired) electrons. The van der Waals surface area contributed by atoms with Gasteiger partial charge in [0, 0.05) is 11.6 Å². The number of para-hydroxylation sites is 1. The molecule has 0 bridgehead atoms. The summed E-state index contributed by atoms with van der Waals surface area (Å²) in [4.78, 5) is 0. The van der Waals surface area contributed by atoms with Crippen LogP contribution < -0.4 is 10.1 Å². The van der Waals surface area contributed by atoms with Crippen molar-refractivity contribution in [3.8, 4) is 5.75 Å². The molecule has 2 heteroatoms. The van der Waals surface area contributed by atoms with Crippen LogP contribution in [0, 0.1) is 5.41 Å². The fourth-order valence-corrected chi connectivity index (χ4v) is 2.05. The summed E-state index contributed by atoms with van der Waals surface area (Å²) in [5, 5.41) is 3.64. The minimum Gasteiger partial charge on any atom is -0.496 e. The van der Waals surface area contributed by atoms with E-state index in [-0.39, 0.29) is 0 Å². The summed E-state index contributed by atoms with van der Waals surface area (Å²) in [6, 6.07) is 8.65. The highest BCUT2D eigenvalue weighted by Crippen LogP contribution is 2.27. The predicted molar refractivity (Wildman–Crippen MR) is 78.1 cm³/mol. The number of methoxy groups -OCH3 is 1. The van der Waals surface area contributed by atoms with Crippen LogP contribution in [0.5, 0.6) is 5.75 Å². The van der Waals surface area contributed by atoms with Crippen molar-refractivity contribution in [3.05, 3.63) is 29.8 Å². The van der Waals surface area contributed by atoms with Gasteiger partial charge < -0.3 is 10.1 Å². The molecule has 0 saturated carbocycles. The molecule has 1 unspecified atom stereocenters. The van der Waals surface area contributed by atoms with Crippen molar-refractivity contribution in [2.45, 2.75) is 46.6 Å². The fourth-order valence-electron chi connectivity index (χ4n) is 2.05. The first-order valence-electron chi connectivity index (χ1n) is 6.84. The van der Waals surface area contributed by atoms with Gasteiger partial charge in [-0.1, -0.05) is 45.9 Å². The van der Waals surface area contributed by atoms with Crippen LogP contribution in [0.2, 0.25) is 0 Å². The van der Waals surface area contributed by atoms with E-state index in [1.54, 1.807) is 7.11 Å². The lowest BCUT2D eigenvalue weighted by molar-refractivity contribution is 0.347. The minimum absolute atomic E-state index is 0.378. The van der Waals surface area contributed by atoms with E-state index in [1.807, 2.05) is 12.1 Å². The van der Waals surface area contributed by atoms with Crippen LogP contribution in [0.4, 0.5) is 0 Å². The van der Waals surface area contributed by atoms with Crippen LogP contribution in [0.3, 0.4) is 0 Å². The van der Waals surface area contributed by atoms with Crippen molar-refractivity contribution in [1.82, 2.24) is 5.32 Å². The van der Waals surface area contributed by atoms with E-state index >= 15 is 0 Å². The number of hydrogen-bond acceptors (Lipinski definition) is 2. The quantitative estimate of drug-likeness (QED) is 0.817. The zero-order chi connectivity index (χ0) is 13.6. The molecule has 0 aliphatic carbocycles. The second kappa shape index (κ2) is 6.79. The molecule has 1 rings (SSSR count). The topological polar surface area (TPSA) is 21.3 Å². The normalized spacial score (nSPS) is 13.4. The van der Waals surface area contributed by atoms with Crippen molar-refractivity contribution >= 4 is 0 Å².